The van der Waals surface area contributed by atoms with E-state index >= 15 is 0 Å². The van der Waals surface area contributed by atoms with Gasteiger partial charge in [-0.25, -0.2) is 14.4 Å². The molecule has 17 nitrogen and oxygen atoms in total. The first kappa shape index (κ1) is 37.3. The van der Waals surface area contributed by atoms with Crippen LogP contribution in [0.25, 0.3) is 0 Å². The number of ether oxygens (including phenoxy) is 2. The van der Waals surface area contributed by atoms with Gasteiger partial charge in [-0.1, -0.05) is 0 Å². The number of carboxylic acid groups (broad SMARTS) is 6. The Bertz CT molecular complexity index is 845. The molecule has 0 saturated heterocycles. The third kappa shape index (κ3) is 12.3. The minimum atomic E-state index is -3.20. The summed E-state index contributed by atoms with van der Waals surface area (Å²) in [5.41, 5.74) is -6.34. The van der Waals surface area contributed by atoms with Crippen molar-refractivity contribution >= 4 is 47.8 Å². The molecule has 0 bridgehead atoms. The largest absolute Gasteiger partial charge is 1.00 e. The molecule has 0 aliphatic rings. The molecule has 0 aliphatic carbocycles. The van der Waals surface area contributed by atoms with Crippen LogP contribution >= 0.6 is 0 Å². The second kappa shape index (κ2) is 15.7. The summed E-state index contributed by atoms with van der Waals surface area (Å²) < 4.78 is 8.70. The minimum Gasteiger partial charge on any atom is -1.00 e. The van der Waals surface area contributed by atoms with Crippen LogP contribution in [0.3, 0.4) is 0 Å². The van der Waals surface area contributed by atoms with Gasteiger partial charge in [0.2, 0.25) is 11.2 Å². The normalized spacial score (nSPS) is 11.5. The zero-order valence-corrected chi connectivity index (χ0v) is 22.3. The number of rotatable bonds is 15. The number of aliphatic hydroxyl groups is 1. The van der Waals surface area contributed by atoms with Crippen molar-refractivity contribution in [2.75, 3.05) is 0 Å². The van der Waals surface area contributed by atoms with Crippen LogP contribution in [-0.4, -0.2) is 101 Å². The summed E-state index contributed by atoms with van der Waals surface area (Å²) in [6, 6.07) is 0. The molecule has 1 atom stereocenters. The van der Waals surface area contributed by atoms with E-state index in [-0.39, 0.29) is 62.0 Å². The topological polar surface area (TPSA) is 297 Å². The summed E-state index contributed by atoms with van der Waals surface area (Å²) >= 11 is 0. The molecule has 0 heterocycles. The molecule has 0 radical (unpaired) electrons. The van der Waals surface area contributed by atoms with Gasteiger partial charge in [-0.3, -0.25) is 24.0 Å². The average molecular weight is 530 g/mol. The maximum atomic E-state index is 12.0. The second-order valence-electron chi connectivity index (χ2n) is 6.50. The summed E-state index contributed by atoms with van der Waals surface area (Å²) in [5, 5.41) is 63.3. The Morgan fingerprint density at radius 2 is 0.886 bits per heavy atom. The molecule has 0 spiro atoms. The minimum absolute atomic E-state index is 0. The van der Waals surface area contributed by atoms with Gasteiger partial charge in [-0.15, -0.1) is 0 Å². The van der Waals surface area contributed by atoms with Crippen molar-refractivity contribution in [3.8, 4) is 0 Å². The van der Waals surface area contributed by atoms with Crippen LogP contribution < -0.4 is 59.1 Å². The van der Waals surface area contributed by atoms with Gasteiger partial charge in [0.25, 0.3) is 0 Å². The van der Waals surface area contributed by atoms with Gasteiger partial charge >= 0.3 is 107 Å². The molecule has 7 N–H and O–H groups in total. The third-order valence-electron chi connectivity index (χ3n) is 3.76. The van der Waals surface area contributed by atoms with Crippen LogP contribution in [0.2, 0.25) is 0 Å². The van der Waals surface area contributed by atoms with Crippen molar-refractivity contribution in [2.24, 2.45) is 0 Å². The van der Waals surface area contributed by atoms with Crippen molar-refractivity contribution < 1.29 is 146 Å². The standard InChI is InChI=1S/C16H18O17.2Na.2H/c17-6(12(27)33-16(14(30)31,4-9(22)23)5-10(24)25)1-11(26)32-15(13(28)29,2-7(18)19)3-8(20)21;;;;/h6,17H,1-5H2,(H,18,19)(H,20,21)(H,22,23)(H,24,25)(H,28,29)(H,30,31);;;;/q;2*+1;2*-1. The number of aliphatic carboxylic acids is 6. The van der Waals surface area contributed by atoms with Crippen LogP contribution in [0.15, 0.2) is 0 Å². The van der Waals surface area contributed by atoms with Crippen LogP contribution in [0.5, 0.6) is 0 Å². The fourth-order valence-corrected chi connectivity index (χ4v) is 2.40. The van der Waals surface area contributed by atoms with Gasteiger partial charge < -0.3 is 48.1 Å². The van der Waals surface area contributed by atoms with E-state index in [0.29, 0.717) is 0 Å². The zero-order chi connectivity index (χ0) is 26.1. The quantitative estimate of drug-likeness (QED) is 0.0763. The van der Waals surface area contributed by atoms with Crippen molar-refractivity contribution in [3.05, 3.63) is 0 Å². The molecule has 0 aromatic carbocycles. The first-order valence-corrected chi connectivity index (χ1v) is 8.43. The number of hydrogen-bond acceptors (Lipinski definition) is 11. The summed E-state index contributed by atoms with van der Waals surface area (Å²) in [6.45, 7) is 0. The van der Waals surface area contributed by atoms with Gasteiger partial charge in [0, 0.05) is 0 Å². The van der Waals surface area contributed by atoms with Crippen molar-refractivity contribution in [1.82, 2.24) is 0 Å². The Hall–Kier alpha value is -2.28. The predicted octanol–water partition coefficient (Wildman–Crippen LogP) is -8.40. The molecule has 0 aromatic heterocycles. The van der Waals surface area contributed by atoms with Gasteiger partial charge in [0.15, 0.2) is 6.10 Å². The molecular weight excluding hydrogens is 510 g/mol. The zero-order valence-electron chi connectivity index (χ0n) is 20.3. The van der Waals surface area contributed by atoms with Gasteiger partial charge in [-0.2, -0.15) is 0 Å². The van der Waals surface area contributed by atoms with Crippen LogP contribution in [0, 0.1) is 0 Å². The molecule has 1 unspecified atom stereocenters. The number of aliphatic hydroxyl groups excluding tert-OH is 1. The molecule has 0 rings (SSSR count). The Kier molecular flexibility index (Phi) is 16.7. The average Bonchev–Trinajstić information content (AvgIpc) is 2.58. The number of hydrogen-bond donors (Lipinski definition) is 7. The monoisotopic (exact) mass is 530 g/mol. The van der Waals surface area contributed by atoms with E-state index in [0.717, 1.165) is 0 Å². The van der Waals surface area contributed by atoms with Crippen molar-refractivity contribution in [2.45, 2.75) is 49.4 Å². The van der Waals surface area contributed by atoms with E-state index in [4.69, 9.17) is 30.6 Å². The smallest absolute Gasteiger partial charge is 1.00 e. The first-order chi connectivity index (χ1) is 15.0. The second-order valence-corrected chi connectivity index (χ2v) is 6.50. The maximum Gasteiger partial charge on any atom is 1.00 e. The number of carbonyl (C=O) groups excluding carboxylic acids is 2. The molecule has 0 amide bonds. The number of carboxylic acids is 6. The SMILES string of the molecule is O=C(O)CC(CC(=O)O)(OC(=O)CC(O)C(=O)OC(CC(=O)O)(CC(=O)O)C(=O)O)C(=O)O.[H-].[H-].[Na+].[Na+]. The van der Waals surface area contributed by atoms with Crippen LogP contribution in [0.4, 0.5) is 0 Å². The van der Waals surface area contributed by atoms with Crippen molar-refractivity contribution in [3.63, 3.8) is 0 Å². The fraction of sp³-hybridized carbons (Fsp3) is 0.500. The molecule has 0 aromatic rings. The van der Waals surface area contributed by atoms with E-state index in [9.17, 15) is 43.5 Å². The molecular formula is C16H20Na2O17. The van der Waals surface area contributed by atoms with Crippen LogP contribution in [-0.2, 0) is 47.8 Å². The molecule has 0 aliphatic heterocycles. The third-order valence-corrected chi connectivity index (χ3v) is 3.76. The van der Waals surface area contributed by atoms with E-state index in [2.05, 4.69) is 9.47 Å². The Labute approximate surface area is 241 Å². The molecule has 0 saturated carbocycles. The van der Waals surface area contributed by atoms with Crippen molar-refractivity contribution in [1.29, 1.82) is 0 Å². The summed E-state index contributed by atoms with van der Waals surface area (Å²) in [7, 11) is 0. The Morgan fingerprint density at radius 3 is 1.14 bits per heavy atom. The van der Waals surface area contributed by atoms with E-state index in [1.54, 1.807) is 0 Å². The van der Waals surface area contributed by atoms with Gasteiger partial charge in [-0.05, 0) is 0 Å². The molecule has 0 fully saturated rings. The summed E-state index contributed by atoms with van der Waals surface area (Å²) in [5.74, 6) is -15.9. The van der Waals surface area contributed by atoms with E-state index in [1.165, 1.54) is 0 Å². The number of carbonyl (C=O) groups is 8. The van der Waals surface area contributed by atoms with E-state index < -0.39 is 97.2 Å². The predicted molar refractivity (Wildman–Crippen MR) is 94.8 cm³/mol. The summed E-state index contributed by atoms with van der Waals surface area (Å²) in [6.07, 6.45) is -10.4. The van der Waals surface area contributed by atoms with E-state index in [1.807, 2.05) is 0 Å². The first-order valence-electron chi connectivity index (χ1n) is 8.43. The molecule has 19 heteroatoms. The van der Waals surface area contributed by atoms with Gasteiger partial charge in [0.1, 0.15) is 0 Å². The fourth-order valence-electron chi connectivity index (χ4n) is 2.40. The van der Waals surface area contributed by atoms with Crippen LogP contribution in [0.1, 0.15) is 35.0 Å². The maximum absolute atomic E-state index is 12.0. The molecule has 35 heavy (non-hydrogen) atoms. The number of esters is 2. The Balaban J connectivity index is -0.000000853. The summed E-state index contributed by atoms with van der Waals surface area (Å²) in [4.78, 5) is 90.3. The molecule has 188 valence electrons. The Morgan fingerprint density at radius 1 is 0.600 bits per heavy atom. The van der Waals surface area contributed by atoms with Gasteiger partial charge in [0.05, 0.1) is 32.1 Å².